The summed E-state index contributed by atoms with van der Waals surface area (Å²) in [6.45, 7) is 0. The van der Waals surface area contributed by atoms with Crippen molar-refractivity contribution in [1.29, 1.82) is 0 Å². The molecule has 0 aliphatic heterocycles. The molecule has 2 aromatic heterocycles. The fraction of sp³-hybridized carbons (Fsp3) is 0.478. The number of rotatable bonds is 5. The minimum Gasteiger partial charge on any atom is -0.490 e. The molecule has 0 saturated heterocycles. The molecule has 11 heteroatoms. The van der Waals surface area contributed by atoms with E-state index in [0.717, 1.165) is 16.0 Å². The van der Waals surface area contributed by atoms with E-state index >= 15 is 0 Å². The van der Waals surface area contributed by atoms with E-state index in [-0.39, 0.29) is 11.6 Å². The molecule has 0 N–H and O–H groups in total. The van der Waals surface area contributed by atoms with Crippen LogP contribution in [0, 0.1) is 5.82 Å². The zero-order valence-corrected chi connectivity index (χ0v) is 18.1. The lowest BCUT2D eigenvalue weighted by atomic mass is 9.78. The number of aromatic nitrogens is 3. The zero-order valence-electron chi connectivity index (χ0n) is 18.1. The van der Waals surface area contributed by atoms with Crippen LogP contribution in [0.1, 0.15) is 55.0 Å². The van der Waals surface area contributed by atoms with Gasteiger partial charge in [0.05, 0.1) is 17.6 Å². The summed E-state index contributed by atoms with van der Waals surface area (Å²) in [4.78, 5) is 0. The quantitative estimate of drug-likeness (QED) is 0.424. The van der Waals surface area contributed by atoms with Crippen LogP contribution in [0.5, 0.6) is 5.75 Å². The average molecular weight is 485 g/mol. The Morgan fingerprint density at radius 3 is 2.24 bits per heavy atom. The lowest BCUT2D eigenvalue weighted by molar-refractivity contribution is -0.138. The van der Waals surface area contributed by atoms with Gasteiger partial charge in [-0.25, -0.2) is 13.2 Å². The highest BCUT2D eigenvalue weighted by molar-refractivity contribution is 5.57. The van der Waals surface area contributed by atoms with Gasteiger partial charge in [-0.3, -0.25) is 4.40 Å². The van der Waals surface area contributed by atoms with Crippen molar-refractivity contribution in [2.24, 2.45) is 0 Å². The fourth-order valence-electron chi connectivity index (χ4n) is 4.77. The van der Waals surface area contributed by atoms with Crippen molar-refractivity contribution in [1.82, 2.24) is 14.6 Å². The SMILES string of the molecule is CO[C@]1(c2ccc(F)cc2)CC[C@H](Oc2ccn3c([C@@H]4CC4(F)F)nnc3c2C(F)(F)F)CC1. The van der Waals surface area contributed by atoms with E-state index in [0.29, 0.717) is 25.7 Å². The first kappa shape index (κ1) is 22.9. The number of fused-ring (bicyclic) bond motifs is 1. The van der Waals surface area contributed by atoms with Crippen LogP contribution in [0.3, 0.4) is 0 Å². The number of ether oxygens (including phenoxy) is 2. The van der Waals surface area contributed by atoms with Crippen LogP contribution in [0.15, 0.2) is 36.5 Å². The van der Waals surface area contributed by atoms with Crippen molar-refractivity contribution in [2.75, 3.05) is 7.11 Å². The second-order valence-corrected chi connectivity index (χ2v) is 8.84. The van der Waals surface area contributed by atoms with Gasteiger partial charge in [0.15, 0.2) is 5.65 Å². The number of hydrogen-bond acceptors (Lipinski definition) is 4. The van der Waals surface area contributed by atoms with E-state index in [1.807, 2.05) is 0 Å². The van der Waals surface area contributed by atoms with Crippen molar-refractivity contribution in [3.8, 4) is 5.75 Å². The minimum absolute atomic E-state index is 0.195. The molecule has 1 aromatic carbocycles. The van der Waals surface area contributed by atoms with E-state index in [1.165, 1.54) is 18.3 Å². The van der Waals surface area contributed by atoms with Gasteiger partial charge in [0.1, 0.15) is 23.0 Å². The normalized spacial score (nSPS) is 26.6. The molecule has 5 rings (SSSR count). The van der Waals surface area contributed by atoms with Gasteiger partial charge in [0.2, 0.25) is 0 Å². The number of benzene rings is 1. The summed E-state index contributed by atoms with van der Waals surface area (Å²) >= 11 is 0. The average Bonchev–Trinajstić information content (AvgIpc) is 3.22. The molecule has 2 aliphatic rings. The maximum atomic E-state index is 14.0. The number of halogens is 6. The zero-order chi connectivity index (χ0) is 24.3. The van der Waals surface area contributed by atoms with Crippen molar-refractivity contribution in [2.45, 2.75) is 61.8 Å². The van der Waals surface area contributed by atoms with Gasteiger partial charge in [0.25, 0.3) is 5.92 Å². The predicted octanol–water partition coefficient (Wildman–Crippen LogP) is 5.87. The lowest BCUT2D eigenvalue weighted by Crippen LogP contribution is -2.37. The van der Waals surface area contributed by atoms with Crippen molar-refractivity contribution in [3.05, 3.63) is 59.3 Å². The summed E-state index contributed by atoms with van der Waals surface area (Å²) in [7, 11) is 1.55. The first-order valence-electron chi connectivity index (χ1n) is 10.8. The van der Waals surface area contributed by atoms with Gasteiger partial charge in [-0.05, 0) is 49.4 Å². The van der Waals surface area contributed by atoms with Crippen molar-refractivity contribution >= 4 is 5.65 Å². The molecular weight excluding hydrogens is 464 g/mol. The Labute approximate surface area is 190 Å². The smallest absolute Gasteiger partial charge is 0.423 e. The maximum Gasteiger partial charge on any atom is 0.423 e. The van der Waals surface area contributed by atoms with Gasteiger partial charge >= 0.3 is 6.18 Å². The monoisotopic (exact) mass is 485 g/mol. The molecule has 2 fully saturated rings. The molecule has 0 amide bonds. The molecular formula is C23H21F6N3O2. The third-order valence-corrected chi connectivity index (χ3v) is 6.78. The topological polar surface area (TPSA) is 48.7 Å². The predicted molar refractivity (Wildman–Crippen MR) is 108 cm³/mol. The number of methoxy groups -OCH3 is 1. The van der Waals surface area contributed by atoms with Crippen molar-refractivity contribution < 1.29 is 35.8 Å². The Bertz CT molecular complexity index is 1200. The van der Waals surface area contributed by atoms with Gasteiger partial charge < -0.3 is 9.47 Å². The van der Waals surface area contributed by atoms with E-state index in [4.69, 9.17) is 9.47 Å². The summed E-state index contributed by atoms with van der Waals surface area (Å²) in [6, 6.07) is 7.09. The number of pyridine rings is 1. The molecule has 34 heavy (non-hydrogen) atoms. The summed E-state index contributed by atoms with van der Waals surface area (Å²) in [5, 5.41) is 7.20. The van der Waals surface area contributed by atoms with Gasteiger partial charge in [-0.2, -0.15) is 13.2 Å². The maximum absolute atomic E-state index is 14.0. The molecule has 3 aromatic rings. The van der Waals surface area contributed by atoms with Crippen LogP contribution in [0.2, 0.25) is 0 Å². The Hall–Kier alpha value is -2.82. The first-order valence-corrected chi connectivity index (χ1v) is 10.8. The lowest BCUT2D eigenvalue weighted by Gasteiger charge is -2.39. The van der Waals surface area contributed by atoms with E-state index in [1.54, 1.807) is 19.2 Å². The van der Waals surface area contributed by atoms with Crippen LogP contribution >= 0.6 is 0 Å². The molecule has 0 unspecified atom stereocenters. The van der Waals surface area contributed by atoms with Crippen molar-refractivity contribution in [3.63, 3.8) is 0 Å². The Morgan fingerprint density at radius 2 is 1.68 bits per heavy atom. The molecule has 0 bridgehead atoms. The summed E-state index contributed by atoms with van der Waals surface area (Å²) in [5.74, 6) is -5.22. The van der Waals surface area contributed by atoms with Crippen LogP contribution in [0.4, 0.5) is 26.3 Å². The summed E-state index contributed by atoms with van der Waals surface area (Å²) in [5.41, 5.74) is -1.59. The molecule has 1 atom stereocenters. The van der Waals surface area contributed by atoms with Gasteiger partial charge in [-0.1, -0.05) is 12.1 Å². The molecule has 0 spiro atoms. The Balaban J connectivity index is 1.39. The highest BCUT2D eigenvalue weighted by Gasteiger charge is 2.60. The highest BCUT2D eigenvalue weighted by atomic mass is 19.4. The third kappa shape index (κ3) is 3.89. The highest BCUT2D eigenvalue weighted by Crippen LogP contribution is 2.55. The first-order chi connectivity index (χ1) is 16.0. The standard InChI is InChI=1S/C23H21F6N3O2/c1-33-21(13-2-4-14(24)5-3-13)9-6-15(7-10-21)34-17-8-11-32-19(16-12-22(16,25)26)30-31-20(32)18(17)23(27,28)29/h2-5,8,11,15-16H,6-7,9-10,12H2,1H3/t15-,16-,21+/m0/s1. The van der Waals surface area contributed by atoms with Crippen LogP contribution in [0.25, 0.3) is 5.65 Å². The fourth-order valence-corrected chi connectivity index (χ4v) is 4.77. The summed E-state index contributed by atoms with van der Waals surface area (Å²) < 4.78 is 94.7. The second-order valence-electron chi connectivity index (χ2n) is 8.84. The number of alkyl halides is 5. The largest absolute Gasteiger partial charge is 0.490 e. The molecule has 5 nitrogen and oxygen atoms in total. The van der Waals surface area contributed by atoms with Crippen LogP contribution < -0.4 is 4.74 Å². The molecule has 0 radical (unpaired) electrons. The Morgan fingerprint density at radius 1 is 1.03 bits per heavy atom. The van der Waals surface area contributed by atoms with Gasteiger partial charge in [0, 0.05) is 19.7 Å². The summed E-state index contributed by atoms with van der Waals surface area (Å²) in [6.07, 6.45) is -2.84. The molecule has 2 heterocycles. The van der Waals surface area contributed by atoms with E-state index in [2.05, 4.69) is 10.2 Å². The Kier molecular flexibility index (Phi) is 5.30. The van der Waals surface area contributed by atoms with Crippen LogP contribution in [-0.2, 0) is 16.5 Å². The molecule has 2 saturated carbocycles. The molecule has 182 valence electrons. The van der Waals surface area contributed by atoms with E-state index < -0.39 is 53.1 Å². The number of hydrogen-bond donors (Lipinski definition) is 0. The molecule has 2 aliphatic carbocycles. The minimum atomic E-state index is -4.83. The van der Waals surface area contributed by atoms with Gasteiger partial charge in [-0.15, -0.1) is 10.2 Å². The second kappa shape index (κ2) is 7.86. The van der Waals surface area contributed by atoms with E-state index in [9.17, 15) is 26.3 Å². The number of nitrogens with zero attached hydrogens (tertiary/aromatic N) is 3. The third-order valence-electron chi connectivity index (χ3n) is 6.78. The van der Waals surface area contributed by atoms with Crippen LogP contribution in [-0.4, -0.2) is 33.7 Å².